The number of H-pyrrole nitrogens is 2. The monoisotopic (exact) mass is 435 g/mol. The fourth-order valence-electron chi connectivity index (χ4n) is 3.34. The highest BCUT2D eigenvalue weighted by Gasteiger charge is 2.23. The minimum atomic E-state index is -0.743. The zero-order chi connectivity index (χ0) is 21.5. The third-order valence-corrected chi connectivity index (χ3v) is 4.70. The fraction of sp³-hybridized carbons (Fsp3) is 0. The molecule has 0 amide bonds. The molecule has 0 spiro atoms. The number of hydrogen-bond donors (Lipinski definition) is 2. The second kappa shape index (κ2) is 7.69. The molecule has 4 N–H and O–H groups in total. The van der Waals surface area contributed by atoms with Crippen LogP contribution in [0.2, 0.25) is 0 Å². The van der Waals surface area contributed by atoms with Crippen LogP contribution in [0.3, 0.4) is 0 Å². The highest BCUT2D eigenvalue weighted by molar-refractivity contribution is 5.85. The van der Waals surface area contributed by atoms with E-state index in [9.17, 15) is 19.7 Å². The van der Waals surface area contributed by atoms with Crippen LogP contribution in [0.1, 0.15) is 0 Å². The Morgan fingerprint density at radius 2 is 1.44 bits per heavy atom. The number of tetrazole rings is 2. The number of pyridine rings is 2. The van der Waals surface area contributed by atoms with Crippen molar-refractivity contribution < 1.29 is 10.4 Å². The molecule has 0 aliphatic carbocycles. The van der Waals surface area contributed by atoms with Crippen molar-refractivity contribution in [2.75, 3.05) is 0 Å². The third kappa shape index (κ3) is 3.03. The lowest BCUT2D eigenvalue weighted by atomic mass is 10.2. The molecule has 2 aromatic carbocycles. The van der Waals surface area contributed by atoms with Gasteiger partial charge >= 0.3 is 5.69 Å². The summed E-state index contributed by atoms with van der Waals surface area (Å²) in [6.07, 6.45) is 0. The van der Waals surface area contributed by atoms with Crippen LogP contribution >= 0.6 is 0 Å². The molecule has 4 aromatic heterocycles. The first-order valence-electron chi connectivity index (χ1n) is 8.87. The van der Waals surface area contributed by atoms with Crippen LogP contribution in [0, 0.1) is 10.1 Å². The molecule has 4 heterocycles. The Hall–Kier alpha value is -4.98. The van der Waals surface area contributed by atoms with Gasteiger partial charge in [0.1, 0.15) is 0 Å². The number of nitrogens with zero attached hydrogens (tertiary/aromatic N) is 7. The highest BCUT2D eigenvalue weighted by atomic mass is 16.6. The lowest BCUT2D eigenvalue weighted by Crippen LogP contribution is -2.12. The molecule has 0 saturated heterocycles. The van der Waals surface area contributed by atoms with Gasteiger partial charge in [-0.25, -0.2) is 9.03 Å². The molecular formula is C18H13N9O5. The van der Waals surface area contributed by atoms with Crippen molar-refractivity contribution in [1.82, 2.24) is 40.1 Å². The smallest absolute Gasteiger partial charge is 0.363 e. The van der Waals surface area contributed by atoms with E-state index in [2.05, 4.69) is 31.1 Å². The SMILES string of the molecule is O.O=c1c([N+](=O)[O-])c2nn[nH]n2c2ccccc12.O=c1cc2nn[nH]n2c2ccccc12. The molecule has 0 unspecified atom stereocenters. The zero-order valence-electron chi connectivity index (χ0n) is 16.0. The maximum atomic E-state index is 11.9. The van der Waals surface area contributed by atoms with E-state index in [1.165, 1.54) is 16.6 Å². The average Bonchev–Trinajstić information content (AvgIpc) is 3.44. The first-order chi connectivity index (χ1) is 15.1. The highest BCUT2D eigenvalue weighted by Crippen LogP contribution is 2.18. The van der Waals surface area contributed by atoms with Crippen LogP contribution in [0.5, 0.6) is 0 Å². The summed E-state index contributed by atoms with van der Waals surface area (Å²) in [7, 11) is 0. The van der Waals surface area contributed by atoms with Crippen LogP contribution in [-0.2, 0) is 0 Å². The molecule has 160 valence electrons. The summed E-state index contributed by atoms with van der Waals surface area (Å²) in [5.74, 6) is 0. The number of para-hydroxylation sites is 2. The van der Waals surface area contributed by atoms with E-state index in [1.807, 2.05) is 18.2 Å². The standard InChI is InChI=1S/C9H5N5O3.C9H6N4O.H2O/c15-8-5-3-1-2-4-6(5)13-9(10-11-12-13)7(8)14(16)17;14-8-5-9-10-11-12-13(9)7-4-2-1-3-6(7)8;/h1-4H,(H,10,12);1-5H,(H,10,12);1H2. The van der Waals surface area contributed by atoms with Crippen molar-refractivity contribution in [2.24, 2.45) is 0 Å². The Labute approximate surface area is 175 Å². The Morgan fingerprint density at radius 1 is 0.844 bits per heavy atom. The topological polar surface area (TPSA) is 201 Å². The Balaban J connectivity index is 0.000000151. The molecule has 0 bridgehead atoms. The maximum Gasteiger partial charge on any atom is 0.363 e. The van der Waals surface area contributed by atoms with Crippen LogP contribution in [0.25, 0.3) is 33.1 Å². The van der Waals surface area contributed by atoms with E-state index in [1.54, 1.807) is 28.8 Å². The van der Waals surface area contributed by atoms with Gasteiger partial charge in [0.2, 0.25) is 0 Å². The third-order valence-electron chi connectivity index (χ3n) is 4.70. The summed E-state index contributed by atoms with van der Waals surface area (Å²) >= 11 is 0. The predicted molar refractivity (Wildman–Crippen MR) is 112 cm³/mol. The van der Waals surface area contributed by atoms with Gasteiger partial charge in [-0.3, -0.25) is 19.7 Å². The van der Waals surface area contributed by atoms with Gasteiger partial charge in [-0.2, -0.15) is 10.4 Å². The van der Waals surface area contributed by atoms with Gasteiger partial charge in [-0.15, -0.1) is 10.2 Å². The van der Waals surface area contributed by atoms with Gasteiger partial charge in [-0.05, 0) is 24.3 Å². The predicted octanol–water partition coefficient (Wildman–Crippen LogP) is 0.225. The summed E-state index contributed by atoms with van der Waals surface area (Å²) < 4.78 is 2.99. The normalized spacial score (nSPS) is 10.8. The van der Waals surface area contributed by atoms with Gasteiger partial charge in [0.05, 0.1) is 21.3 Å². The maximum absolute atomic E-state index is 11.9. The molecule has 0 aliphatic rings. The van der Waals surface area contributed by atoms with E-state index >= 15 is 0 Å². The van der Waals surface area contributed by atoms with Crippen LogP contribution in [-0.4, -0.2) is 50.5 Å². The number of nitro groups is 1. The molecule has 6 rings (SSSR count). The Kier molecular flexibility index (Phi) is 4.88. The number of aromatic amines is 2. The fourth-order valence-corrected chi connectivity index (χ4v) is 3.34. The summed E-state index contributed by atoms with van der Waals surface area (Å²) in [5.41, 5.74) is 0.488. The molecule has 14 nitrogen and oxygen atoms in total. The molecular weight excluding hydrogens is 422 g/mol. The van der Waals surface area contributed by atoms with Crippen LogP contribution in [0.4, 0.5) is 5.69 Å². The van der Waals surface area contributed by atoms with E-state index in [4.69, 9.17) is 0 Å². The summed E-state index contributed by atoms with van der Waals surface area (Å²) in [6.45, 7) is 0. The number of nitrogens with one attached hydrogen (secondary N) is 2. The first-order valence-corrected chi connectivity index (χ1v) is 8.87. The molecule has 0 radical (unpaired) electrons. The lowest BCUT2D eigenvalue weighted by molar-refractivity contribution is -0.384. The lowest BCUT2D eigenvalue weighted by Gasteiger charge is -1.99. The Morgan fingerprint density at radius 3 is 2.16 bits per heavy atom. The van der Waals surface area contributed by atoms with Crippen molar-refractivity contribution in [2.45, 2.75) is 0 Å². The minimum Gasteiger partial charge on any atom is -0.412 e. The van der Waals surface area contributed by atoms with Gasteiger partial charge in [0, 0.05) is 11.5 Å². The number of hydrogen-bond acceptors (Lipinski definition) is 8. The van der Waals surface area contributed by atoms with E-state index in [0.717, 1.165) is 5.52 Å². The minimum absolute atomic E-state index is 0. The van der Waals surface area contributed by atoms with Crippen molar-refractivity contribution in [3.63, 3.8) is 0 Å². The molecule has 0 fully saturated rings. The zero-order valence-corrected chi connectivity index (χ0v) is 16.0. The van der Waals surface area contributed by atoms with E-state index < -0.39 is 16.0 Å². The summed E-state index contributed by atoms with van der Waals surface area (Å²) in [6, 6.07) is 15.4. The molecule has 6 aromatic rings. The molecule has 0 saturated carbocycles. The molecule has 0 atom stereocenters. The van der Waals surface area contributed by atoms with E-state index in [0.29, 0.717) is 16.6 Å². The van der Waals surface area contributed by atoms with Crippen molar-refractivity contribution in [3.05, 3.63) is 85.2 Å². The number of benzene rings is 2. The van der Waals surface area contributed by atoms with Crippen LogP contribution < -0.4 is 10.9 Å². The second-order valence-electron chi connectivity index (χ2n) is 6.43. The van der Waals surface area contributed by atoms with Crippen molar-refractivity contribution in [3.8, 4) is 0 Å². The second-order valence-corrected chi connectivity index (χ2v) is 6.43. The van der Waals surface area contributed by atoms with Crippen molar-refractivity contribution in [1.29, 1.82) is 0 Å². The quantitative estimate of drug-likeness (QED) is 0.270. The van der Waals surface area contributed by atoms with Crippen molar-refractivity contribution >= 4 is 38.8 Å². The van der Waals surface area contributed by atoms with Gasteiger partial charge in [0.25, 0.3) is 11.1 Å². The number of fused-ring (bicyclic) bond motifs is 6. The molecule has 0 aliphatic heterocycles. The first kappa shape index (κ1) is 20.3. The summed E-state index contributed by atoms with van der Waals surface area (Å²) in [5, 5.41) is 31.5. The Bertz CT molecular complexity index is 1730. The number of aromatic nitrogens is 8. The molecule has 32 heavy (non-hydrogen) atoms. The van der Waals surface area contributed by atoms with E-state index in [-0.39, 0.29) is 21.9 Å². The molecule has 14 heteroatoms. The van der Waals surface area contributed by atoms with Gasteiger partial charge in [0.15, 0.2) is 11.1 Å². The van der Waals surface area contributed by atoms with Crippen LogP contribution in [0.15, 0.2) is 64.2 Å². The largest absolute Gasteiger partial charge is 0.412 e. The average molecular weight is 435 g/mol. The number of rotatable bonds is 1. The van der Waals surface area contributed by atoms with Gasteiger partial charge in [-0.1, -0.05) is 34.7 Å². The van der Waals surface area contributed by atoms with Gasteiger partial charge < -0.3 is 5.48 Å². The summed E-state index contributed by atoms with van der Waals surface area (Å²) in [4.78, 5) is 33.7.